The van der Waals surface area contributed by atoms with Gasteiger partial charge in [-0.1, -0.05) is 12.1 Å². The van der Waals surface area contributed by atoms with Gasteiger partial charge < -0.3 is 44.5 Å². The summed E-state index contributed by atoms with van der Waals surface area (Å²) in [6, 6.07) is 5.70. The van der Waals surface area contributed by atoms with Crippen molar-refractivity contribution in [2.45, 2.75) is 157 Å². The predicted molar refractivity (Wildman–Crippen MR) is 283 cm³/mol. The number of carbonyl (C=O) groups is 9. The van der Waals surface area contributed by atoms with E-state index in [1.807, 2.05) is 12.1 Å². The van der Waals surface area contributed by atoms with E-state index in [-0.39, 0.29) is 91.3 Å². The van der Waals surface area contributed by atoms with Crippen LogP contribution < -0.4 is 26.2 Å². The number of amides is 5. The molecule has 0 spiro atoms. The number of nitrogens with zero attached hydrogens (tertiary/aromatic N) is 4. The highest BCUT2D eigenvalue weighted by molar-refractivity contribution is 5.94. The highest BCUT2D eigenvalue weighted by atomic mass is 16.6. The molecule has 4 rings (SSSR count). The third-order valence-corrected chi connectivity index (χ3v) is 11.8. The number of esters is 4. The minimum Gasteiger partial charge on any atom is -0.494 e. The first-order chi connectivity index (χ1) is 35.7. The Labute approximate surface area is 454 Å². The van der Waals surface area contributed by atoms with Crippen LogP contribution in [0.4, 0.5) is 0 Å². The molecule has 0 aromatic heterocycles. The van der Waals surface area contributed by atoms with Gasteiger partial charge in [0.05, 0.1) is 57.7 Å². The number of benzene rings is 1. The largest absolute Gasteiger partial charge is 0.494 e. The minimum atomic E-state index is -1.02. The number of fused-ring (bicyclic) bond motifs is 7. The smallest absolute Gasteiger partial charge is 0.320 e. The van der Waals surface area contributed by atoms with E-state index < -0.39 is 106 Å². The van der Waals surface area contributed by atoms with Gasteiger partial charge in [0.2, 0.25) is 29.5 Å². The molecule has 4 bridgehead atoms. The number of nitrogens with one attached hydrogen (secondary N) is 4. The van der Waals surface area contributed by atoms with Crippen LogP contribution in [0.15, 0.2) is 24.3 Å². The summed E-state index contributed by atoms with van der Waals surface area (Å²) in [4.78, 5) is 126. The van der Waals surface area contributed by atoms with Crippen molar-refractivity contribution >= 4 is 53.4 Å². The lowest BCUT2D eigenvalue weighted by molar-refractivity contribution is -0.162. The van der Waals surface area contributed by atoms with Crippen LogP contribution >= 0.6 is 0 Å². The lowest BCUT2D eigenvalue weighted by Crippen LogP contribution is -2.53. The molecule has 23 heteroatoms. The molecular formula is C54H88N8O15. The van der Waals surface area contributed by atoms with Crippen LogP contribution in [0.25, 0.3) is 0 Å². The Morgan fingerprint density at radius 3 is 1.51 bits per heavy atom. The topological polar surface area (TPSA) is 281 Å². The van der Waals surface area contributed by atoms with Crippen LogP contribution in [0.5, 0.6) is 5.75 Å². The highest BCUT2D eigenvalue weighted by Gasteiger charge is 2.48. The average molecular weight is 1090 g/mol. The second kappa shape index (κ2) is 29.7. The zero-order chi connectivity index (χ0) is 57.9. The molecule has 1 fully saturated rings. The molecule has 4 atom stereocenters. The fraction of sp³-hybridized carbons (Fsp3) is 0.722. The van der Waals surface area contributed by atoms with Crippen molar-refractivity contribution in [3.05, 3.63) is 29.8 Å². The van der Waals surface area contributed by atoms with Gasteiger partial charge in [-0.3, -0.25) is 63.1 Å². The molecule has 1 aromatic rings. The van der Waals surface area contributed by atoms with Crippen molar-refractivity contribution < 1.29 is 72.0 Å². The molecule has 3 aliphatic heterocycles. The van der Waals surface area contributed by atoms with Gasteiger partial charge >= 0.3 is 23.9 Å². The molecule has 0 aliphatic carbocycles. The van der Waals surface area contributed by atoms with Crippen molar-refractivity contribution in [3.8, 4) is 5.75 Å². The number of hydroxylamine groups is 1. The maximum absolute atomic E-state index is 14.0. The van der Waals surface area contributed by atoms with Gasteiger partial charge in [-0.15, -0.1) is 0 Å². The molecule has 5 amide bonds. The van der Waals surface area contributed by atoms with Crippen molar-refractivity contribution in [2.24, 2.45) is 11.8 Å². The fourth-order valence-corrected chi connectivity index (χ4v) is 8.78. The van der Waals surface area contributed by atoms with E-state index in [0.29, 0.717) is 25.2 Å². The molecule has 23 nitrogen and oxygen atoms in total. The summed E-state index contributed by atoms with van der Waals surface area (Å²) in [5, 5.41) is 17.8. The van der Waals surface area contributed by atoms with Crippen molar-refractivity contribution in [1.82, 2.24) is 41.0 Å². The monoisotopic (exact) mass is 1090 g/mol. The quantitative estimate of drug-likeness (QED) is 0.0326. The van der Waals surface area contributed by atoms with Crippen LogP contribution in [-0.2, 0) is 68.5 Å². The minimum absolute atomic E-state index is 0.105. The van der Waals surface area contributed by atoms with Crippen LogP contribution in [0.1, 0.15) is 121 Å². The van der Waals surface area contributed by atoms with Crippen LogP contribution in [0.2, 0.25) is 0 Å². The normalized spacial score (nSPS) is 18.2. The Morgan fingerprint density at radius 1 is 0.623 bits per heavy atom. The number of hydrogen-bond donors (Lipinski definition) is 5. The van der Waals surface area contributed by atoms with E-state index in [4.69, 9.17) is 23.7 Å². The van der Waals surface area contributed by atoms with Gasteiger partial charge in [-0.2, -0.15) is 0 Å². The summed E-state index contributed by atoms with van der Waals surface area (Å²) in [5.74, 6) is -5.88. The number of rotatable bonds is 24. The second-order valence-corrected chi connectivity index (χ2v) is 23.7. The molecule has 3 heterocycles. The summed E-state index contributed by atoms with van der Waals surface area (Å²) in [6.07, 6.45) is 1.42. The number of hydrogen-bond acceptors (Lipinski definition) is 18. The second-order valence-electron chi connectivity index (χ2n) is 23.7. The van der Waals surface area contributed by atoms with Crippen LogP contribution in [0.3, 0.4) is 0 Å². The summed E-state index contributed by atoms with van der Waals surface area (Å²) in [6.45, 7) is 22.0. The zero-order valence-corrected chi connectivity index (χ0v) is 47.8. The van der Waals surface area contributed by atoms with Gasteiger partial charge in [-0.05, 0) is 133 Å². The molecule has 3 aliphatic rings. The molecule has 5 N–H and O–H groups in total. The fourth-order valence-electron chi connectivity index (χ4n) is 8.78. The maximum atomic E-state index is 14.0. The molecule has 1 aromatic carbocycles. The first-order valence-corrected chi connectivity index (χ1v) is 26.5. The maximum Gasteiger partial charge on any atom is 0.320 e. The third kappa shape index (κ3) is 25.9. The SMILES string of the molecule is CC1C[C@H]2C(=O)N1C(C(=O)NCC(=O)NCCCNC(=O)CN(CCN(CC(=O)OC(C)(C)C)CC(=O)OC(C)(C)C)CCN(CC(=O)OC(C)(C)C)CC(=O)OC(C)(C)C)Cc1ccc(cc1)OCCC[C@@H]2C(=O)NO. The molecule has 2 unspecified atom stereocenters. The van der Waals surface area contributed by atoms with E-state index in [2.05, 4.69) is 16.0 Å². The van der Waals surface area contributed by atoms with Crippen molar-refractivity contribution in [1.29, 1.82) is 0 Å². The van der Waals surface area contributed by atoms with Crippen molar-refractivity contribution in [3.63, 3.8) is 0 Å². The lowest BCUT2D eigenvalue weighted by Gasteiger charge is -2.31. The summed E-state index contributed by atoms with van der Waals surface area (Å²) >= 11 is 0. The van der Waals surface area contributed by atoms with Gasteiger partial charge in [0.25, 0.3) is 0 Å². The third-order valence-electron chi connectivity index (χ3n) is 11.8. The van der Waals surface area contributed by atoms with Crippen LogP contribution in [0, 0.1) is 11.8 Å². The van der Waals surface area contributed by atoms with Crippen molar-refractivity contribution in [2.75, 3.05) is 85.1 Å². The Bertz CT molecular complexity index is 2040. The molecular weight excluding hydrogens is 1000 g/mol. The van der Waals surface area contributed by atoms with E-state index in [9.17, 15) is 48.4 Å². The molecule has 0 saturated carbocycles. The Balaban J connectivity index is 1.70. The van der Waals surface area contributed by atoms with Gasteiger partial charge in [0.15, 0.2) is 0 Å². The van der Waals surface area contributed by atoms with E-state index in [0.717, 1.165) is 5.56 Å². The standard InChI is InChI=1S/C54H88N8O15/c1-36-28-40-39(48(69)58-72)16-14-27-73-38-19-17-37(18-20-38)29-41(62(36)50(40)71)49(70)57-30-42(63)55-21-15-22-56-43(64)31-59(23-25-60(32-44(65)74-51(2,3)4)33-45(66)75-52(5,6)7)24-26-61(34-46(67)76-53(8,9)10)35-47(68)77-54(11,12)13/h17-20,36,39-41,72H,14-16,21-35H2,1-13H3,(H,55,63)(H,56,64)(H,57,70)(H,58,69)/t36?,39-,40+,41?/m0/s1. The lowest BCUT2D eigenvalue weighted by atomic mass is 9.85. The molecule has 0 radical (unpaired) electrons. The summed E-state index contributed by atoms with van der Waals surface area (Å²) in [5.41, 5.74) is -0.742. The molecule has 77 heavy (non-hydrogen) atoms. The first-order valence-electron chi connectivity index (χ1n) is 26.5. The summed E-state index contributed by atoms with van der Waals surface area (Å²) < 4.78 is 28.0. The van der Waals surface area contributed by atoms with E-state index in [1.165, 1.54) is 4.90 Å². The van der Waals surface area contributed by atoms with E-state index in [1.54, 1.807) is 122 Å². The molecule has 1 saturated heterocycles. The Kier molecular flexibility index (Phi) is 25.2. The van der Waals surface area contributed by atoms with Gasteiger partial charge in [0.1, 0.15) is 34.2 Å². The molecule has 434 valence electrons. The van der Waals surface area contributed by atoms with Gasteiger partial charge in [-0.25, -0.2) is 5.48 Å². The number of carbonyl (C=O) groups excluding carboxylic acids is 9. The zero-order valence-electron chi connectivity index (χ0n) is 47.8. The van der Waals surface area contributed by atoms with Crippen LogP contribution in [-0.4, -0.2) is 198 Å². The summed E-state index contributed by atoms with van der Waals surface area (Å²) in [7, 11) is 0. The average Bonchev–Trinajstić information content (AvgIpc) is 3.56. The number of ether oxygens (including phenoxy) is 5. The predicted octanol–water partition coefficient (Wildman–Crippen LogP) is 2.14. The Morgan fingerprint density at radius 2 is 1.06 bits per heavy atom. The first kappa shape index (κ1) is 65.4. The van der Waals surface area contributed by atoms with E-state index >= 15 is 0 Å². The highest BCUT2D eigenvalue weighted by Crippen LogP contribution is 2.35. The Hall–Kier alpha value is -5.91. The van der Waals surface area contributed by atoms with Gasteiger partial charge in [0, 0.05) is 51.7 Å².